The van der Waals surface area contributed by atoms with Gasteiger partial charge >= 0.3 is 6.18 Å². The van der Waals surface area contributed by atoms with Crippen molar-refractivity contribution in [2.24, 2.45) is 5.73 Å². The maximum absolute atomic E-state index is 12.5. The van der Waals surface area contributed by atoms with Crippen molar-refractivity contribution >= 4 is 11.3 Å². The number of hydrogen-bond donors (Lipinski definition) is 1. The third kappa shape index (κ3) is 3.32. The van der Waals surface area contributed by atoms with Gasteiger partial charge in [0.15, 0.2) is 0 Å². The smallest absolute Gasteiger partial charge is 0.416 e. The Morgan fingerprint density at radius 3 is 2.30 bits per heavy atom. The normalized spacial score (nSPS) is 13.2. The molecule has 2 rings (SSSR count). The lowest BCUT2D eigenvalue weighted by molar-refractivity contribution is -0.137. The fraction of sp³-hybridized carbons (Fsp3) is 0.286. The van der Waals surface area contributed by atoms with Crippen molar-refractivity contribution in [3.05, 3.63) is 51.7 Å². The lowest BCUT2D eigenvalue weighted by Crippen LogP contribution is -2.18. The van der Waals surface area contributed by atoms with Crippen molar-refractivity contribution in [3.8, 4) is 5.75 Å². The number of nitrogens with two attached hydrogens (primary N) is 1. The molecule has 2 aromatic rings. The fourth-order valence-electron chi connectivity index (χ4n) is 1.81. The second kappa shape index (κ2) is 5.85. The van der Waals surface area contributed by atoms with Crippen LogP contribution >= 0.6 is 11.3 Å². The van der Waals surface area contributed by atoms with E-state index in [0.29, 0.717) is 5.75 Å². The summed E-state index contributed by atoms with van der Waals surface area (Å²) in [6.45, 7) is 2.22. The van der Waals surface area contributed by atoms with Gasteiger partial charge in [-0.15, -0.1) is 11.3 Å². The van der Waals surface area contributed by atoms with Gasteiger partial charge in [0.25, 0.3) is 0 Å². The average Bonchev–Trinajstić information content (AvgIpc) is 2.82. The number of alkyl halides is 3. The van der Waals surface area contributed by atoms with Gasteiger partial charge in [-0.2, -0.15) is 13.2 Å². The number of benzene rings is 1. The Morgan fingerprint density at radius 2 is 1.85 bits per heavy atom. The first-order chi connectivity index (χ1) is 9.41. The molecule has 0 aliphatic heterocycles. The molecule has 2 nitrogen and oxygen atoms in total. The molecule has 6 heteroatoms. The lowest BCUT2D eigenvalue weighted by atomic mass is 10.2. The first kappa shape index (κ1) is 14.9. The average molecular weight is 301 g/mol. The molecule has 1 aromatic carbocycles. The minimum atomic E-state index is -4.34. The van der Waals surface area contributed by atoms with E-state index >= 15 is 0 Å². The van der Waals surface area contributed by atoms with Crippen LogP contribution in [0.4, 0.5) is 13.2 Å². The molecule has 0 radical (unpaired) electrons. The molecule has 0 saturated heterocycles. The van der Waals surface area contributed by atoms with E-state index < -0.39 is 11.7 Å². The summed E-state index contributed by atoms with van der Waals surface area (Å²) in [6, 6.07) is 6.59. The maximum atomic E-state index is 12.5. The number of rotatable bonds is 4. The Balaban J connectivity index is 2.15. The van der Waals surface area contributed by atoms with Crippen LogP contribution < -0.4 is 10.5 Å². The molecule has 1 heterocycles. The van der Waals surface area contributed by atoms with Crippen molar-refractivity contribution in [3.63, 3.8) is 0 Å². The van der Waals surface area contributed by atoms with Gasteiger partial charge in [0.1, 0.15) is 11.9 Å². The lowest BCUT2D eigenvalue weighted by Gasteiger charge is -2.17. The molecule has 0 saturated carbocycles. The quantitative estimate of drug-likeness (QED) is 0.920. The molecule has 0 fully saturated rings. The van der Waals surface area contributed by atoms with E-state index in [1.54, 1.807) is 0 Å². The minimum Gasteiger partial charge on any atom is -0.484 e. The summed E-state index contributed by atoms with van der Waals surface area (Å²) in [6.07, 6.45) is -4.68. The van der Waals surface area contributed by atoms with Gasteiger partial charge in [0, 0.05) is 11.4 Å². The van der Waals surface area contributed by atoms with Crippen LogP contribution in [0.25, 0.3) is 0 Å². The molecule has 0 spiro atoms. The SMILES string of the molecule is Cc1ccsc1C(CN)Oc1ccc(C(F)(F)F)cc1. The molecule has 1 atom stereocenters. The van der Waals surface area contributed by atoms with Gasteiger partial charge in [0.2, 0.25) is 0 Å². The van der Waals surface area contributed by atoms with Gasteiger partial charge in [-0.05, 0) is 48.2 Å². The van der Waals surface area contributed by atoms with Crippen LogP contribution in [0.3, 0.4) is 0 Å². The van der Waals surface area contributed by atoms with E-state index in [4.69, 9.17) is 10.5 Å². The highest BCUT2D eigenvalue weighted by Gasteiger charge is 2.30. The van der Waals surface area contributed by atoms with E-state index in [1.807, 2.05) is 18.4 Å². The topological polar surface area (TPSA) is 35.2 Å². The number of thiophene rings is 1. The minimum absolute atomic E-state index is 0.266. The molecule has 1 aromatic heterocycles. The molecular formula is C14H14F3NOS. The molecular weight excluding hydrogens is 287 g/mol. The van der Waals surface area contributed by atoms with E-state index in [0.717, 1.165) is 22.6 Å². The summed E-state index contributed by atoms with van der Waals surface area (Å²) in [5.41, 5.74) is 6.06. The van der Waals surface area contributed by atoms with Crippen LogP contribution in [0, 0.1) is 6.92 Å². The molecule has 0 amide bonds. The predicted molar refractivity (Wildman–Crippen MR) is 72.9 cm³/mol. The predicted octanol–water partition coefficient (Wildman–Crippen LogP) is 4.15. The Labute approximate surface area is 119 Å². The summed E-state index contributed by atoms with van der Waals surface area (Å²) in [5.74, 6) is 0.376. The zero-order chi connectivity index (χ0) is 14.8. The number of hydrogen-bond acceptors (Lipinski definition) is 3. The highest BCUT2D eigenvalue weighted by molar-refractivity contribution is 7.10. The van der Waals surface area contributed by atoms with E-state index in [2.05, 4.69) is 0 Å². The fourth-order valence-corrected chi connectivity index (χ4v) is 2.78. The van der Waals surface area contributed by atoms with Crippen molar-refractivity contribution < 1.29 is 17.9 Å². The highest BCUT2D eigenvalue weighted by Crippen LogP contribution is 2.32. The molecule has 2 N–H and O–H groups in total. The van der Waals surface area contributed by atoms with Crippen molar-refractivity contribution in [2.45, 2.75) is 19.2 Å². The van der Waals surface area contributed by atoms with Gasteiger partial charge in [0.05, 0.1) is 5.56 Å². The largest absolute Gasteiger partial charge is 0.484 e. The van der Waals surface area contributed by atoms with E-state index in [9.17, 15) is 13.2 Å². The van der Waals surface area contributed by atoms with Crippen LogP contribution in [0.2, 0.25) is 0 Å². The molecule has 0 aliphatic rings. The molecule has 108 valence electrons. The van der Waals surface area contributed by atoms with Crippen LogP contribution in [-0.2, 0) is 6.18 Å². The number of aryl methyl sites for hydroxylation is 1. The molecule has 20 heavy (non-hydrogen) atoms. The Morgan fingerprint density at radius 1 is 1.20 bits per heavy atom. The highest BCUT2D eigenvalue weighted by atomic mass is 32.1. The van der Waals surface area contributed by atoms with Crippen molar-refractivity contribution in [1.29, 1.82) is 0 Å². The van der Waals surface area contributed by atoms with Gasteiger partial charge < -0.3 is 10.5 Å². The molecule has 0 aliphatic carbocycles. The Bertz CT molecular complexity index is 563. The number of halogens is 3. The summed E-state index contributed by atoms with van der Waals surface area (Å²) < 4.78 is 43.1. The first-order valence-electron chi connectivity index (χ1n) is 6.00. The summed E-state index contributed by atoms with van der Waals surface area (Å²) in [4.78, 5) is 0.993. The van der Waals surface area contributed by atoms with Gasteiger partial charge in [-0.25, -0.2) is 0 Å². The summed E-state index contributed by atoms with van der Waals surface area (Å²) in [5, 5.41) is 1.93. The van der Waals surface area contributed by atoms with Crippen LogP contribution in [0.1, 0.15) is 22.1 Å². The van der Waals surface area contributed by atoms with E-state index in [1.165, 1.54) is 23.5 Å². The molecule has 1 unspecified atom stereocenters. The zero-order valence-corrected chi connectivity index (χ0v) is 11.6. The van der Waals surface area contributed by atoms with Crippen LogP contribution in [0.15, 0.2) is 35.7 Å². The third-order valence-corrected chi connectivity index (χ3v) is 3.98. The third-order valence-electron chi connectivity index (χ3n) is 2.87. The zero-order valence-electron chi connectivity index (χ0n) is 10.8. The summed E-state index contributed by atoms with van der Waals surface area (Å²) >= 11 is 1.52. The van der Waals surface area contributed by atoms with Gasteiger partial charge in [-0.1, -0.05) is 0 Å². The second-order valence-corrected chi connectivity index (χ2v) is 5.28. The maximum Gasteiger partial charge on any atom is 0.416 e. The van der Waals surface area contributed by atoms with Gasteiger partial charge in [-0.3, -0.25) is 0 Å². The Kier molecular flexibility index (Phi) is 4.35. The second-order valence-electron chi connectivity index (χ2n) is 4.33. The standard InChI is InChI=1S/C14H14F3NOS/c1-9-6-7-20-13(9)12(8-18)19-11-4-2-10(3-5-11)14(15,16)17/h2-7,12H,8,18H2,1H3. The first-order valence-corrected chi connectivity index (χ1v) is 6.87. The monoisotopic (exact) mass is 301 g/mol. The van der Waals surface area contributed by atoms with Crippen molar-refractivity contribution in [2.75, 3.05) is 6.54 Å². The number of ether oxygens (including phenoxy) is 1. The van der Waals surface area contributed by atoms with E-state index in [-0.39, 0.29) is 12.6 Å². The Hall–Kier alpha value is -1.53. The van der Waals surface area contributed by atoms with Crippen LogP contribution in [0.5, 0.6) is 5.75 Å². The molecule has 0 bridgehead atoms. The summed E-state index contributed by atoms with van der Waals surface area (Å²) in [7, 11) is 0. The van der Waals surface area contributed by atoms with Crippen LogP contribution in [-0.4, -0.2) is 6.54 Å². The van der Waals surface area contributed by atoms with Crippen molar-refractivity contribution in [1.82, 2.24) is 0 Å².